The van der Waals surface area contributed by atoms with Crippen molar-refractivity contribution in [3.05, 3.63) is 59.7 Å². The Kier molecular flexibility index (Phi) is 6.08. The molecule has 1 saturated carbocycles. The Bertz CT molecular complexity index is 1060. The molecule has 1 aliphatic rings. The first-order valence-electron chi connectivity index (χ1n) is 10.3. The summed E-state index contributed by atoms with van der Waals surface area (Å²) in [5.41, 5.74) is 3.08. The summed E-state index contributed by atoms with van der Waals surface area (Å²) in [5.74, 6) is -0.346. The molecule has 1 N–H and O–H groups in total. The number of thioether (sulfide) groups is 1. The molecule has 1 aliphatic carbocycles. The van der Waals surface area contributed by atoms with E-state index in [2.05, 4.69) is 9.88 Å². The van der Waals surface area contributed by atoms with Gasteiger partial charge in [-0.1, -0.05) is 42.1 Å². The van der Waals surface area contributed by atoms with Crippen LogP contribution in [0, 0.1) is 0 Å². The molecule has 4 rings (SSSR count). The quantitative estimate of drug-likeness (QED) is 0.431. The highest BCUT2D eigenvalue weighted by molar-refractivity contribution is 8.00. The molecule has 6 nitrogen and oxygen atoms in total. The molecule has 1 heterocycles. The molecule has 156 valence electrons. The van der Waals surface area contributed by atoms with Crippen molar-refractivity contribution in [2.45, 2.75) is 49.7 Å². The van der Waals surface area contributed by atoms with E-state index in [1.807, 2.05) is 43.3 Å². The van der Waals surface area contributed by atoms with Crippen LogP contribution in [-0.2, 0) is 16.1 Å². The van der Waals surface area contributed by atoms with E-state index in [-0.39, 0.29) is 11.9 Å². The van der Waals surface area contributed by atoms with Crippen LogP contribution in [0.2, 0.25) is 0 Å². The van der Waals surface area contributed by atoms with E-state index < -0.39 is 5.25 Å². The number of fused-ring (bicyclic) bond motifs is 1. The van der Waals surface area contributed by atoms with Crippen molar-refractivity contribution in [3.63, 3.8) is 0 Å². The minimum atomic E-state index is -0.390. The van der Waals surface area contributed by atoms with Gasteiger partial charge in [0.2, 0.25) is 5.91 Å². The first kappa shape index (κ1) is 20.5. The standard InChI is InChI=1S/C23H25N3O3S/c1-3-26-19-13-10-16(22(28)29-4-2)14-18(19)25-23(26)30-20(15-8-6-5-7-9-15)21(27)24-17-11-12-17/h5-10,13-14,17,20H,3-4,11-12H2,1-2H3,(H,24,27). The molecular formula is C23H25N3O3S. The fourth-order valence-corrected chi connectivity index (χ4v) is 4.54. The average Bonchev–Trinajstić information content (AvgIpc) is 3.50. The summed E-state index contributed by atoms with van der Waals surface area (Å²) in [6.07, 6.45) is 2.09. The molecule has 0 spiro atoms. The molecule has 0 bridgehead atoms. The van der Waals surface area contributed by atoms with Gasteiger partial charge in [-0.25, -0.2) is 9.78 Å². The number of hydrogen-bond acceptors (Lipinski definition) is 5. The highest BCUT2D eigenvalue weighted by Gasteiger charge is 2.30. The van der Waals surface area contributed by atoms with Crippen LogP contribution in [-0.4, -0.2) is 34.1 Å². The number of ether oxygens (including phenoxy) is 1. The van der Waals surface area contributed by atoms with E-state index in [1.165, 1.54) is 11.8 Å². The number of amides is 1. The van der Waals surface area contributed by atoms with Crippen molar-refractivity contribution in [2.75, 3.05) is 6.61 Å². The second-order valence-corrected chi connectivity index (χ2v) is 8.33. The number of carbonyl (C=O) groups excluding carboxylic acids is 2. The second kappa shape index (κ2) is 8.92. The van der Waals surface area contributed by atoms with Gasteiger partial charge < -0.3 is 14.6 Å². The molecule has 0 aliphatic heterocycles. The monoisotopic (exact) mass is 423 g/mol. The maximum atomic E-state index is 13.0. The first-order chi connectivity index (χ1) is 14.6. The highest BCUT2D eigenvalue weighted by atomic mass is 32.2. The second-order valence-electron chi connectivity index (χ2n) is 7.25. The minimum Gasteiger partial charge on any atom is -0.462 e. The molecule has 1 amide bonds. The SMILES string of the molecule is CCOC(=O)c1ccc2c(c1)nc(SC(C(=O)NC1CC1)c1ccccc1)n2CC. The van der Waals surface area contributed by atoms with Crippen LogP contribution in [0.4, 0.5) is 0 Å². The van der Waals surface area contributed by atoms with Crippen LogP contribution in [0.1, 0.15) is 47.9 Å². The van der Waals surface area contributed by atoms with Crippen LogP contribution < -0.4 is 5.32 Å². The number of rotatable bonds is 8. The molecular weight excluding hydrogens is 398 g/mol. The zero-order valence-corrected chi connectivity index (χ0v) is 17.9. The third-order valence-corrected chi connectivity index (χ3v) is 6.27. The number of nitrogens with zero attached hydrogens (tertiary/aromatic N) is 2. The number of nitrogens with one attached hydrogen (secondary N) is 1. The van der Waals surface area contributed by atoms with E-state index in [4.69, 9.17) is 9.72 Å². The molecule has 1 unspecified atom stereocenters. The normalized spacial score (nSPS) is 14.5. The van der Waals surface area contributed by atoms with Crippen LogP contribution in [0.15, 0.2) is 53.7 Å². The number of carbonyl (C=O) groups is 2. The van der Waals surface area contributed by atoms with Gasteiger partial charge in [0.25, 0.3) is 0 Å². The lowest BCUT2D eigenvalue weighted by Gasteiger charge is -2.17. The van der Waals surface area contributed by atoms with Crippen molar-refractivity contribution in [1.29, 1.82) is 0 Å². The third kappa shape index (κ3) is 4.36. The van der Waals surface area contributed by atoms with Crippen LogP contribution in [0.5, 0.6) is 0 Å². The minimum absolute atomic E-state index is 0.00983. The van der Waals surface area contributed by atoms with Gasteiger partial charge >= 0.3 is 5.97 Å². The summed E-state index contributed by atoms with van der Waals surface area (Å²) in [4.78, 5) is 29.9. The van der Waals surface area contributed by atoms with Gasteiger partial charge in [0.15, 0.2) is 5.16 Å². The Hall–Kier alpha value is -2.80. The first-order valence-corrected chi connectivity index (χ1v) is 11.2. The summed E-state index contributed by atoms with van der Waals surface area (Å²) in [5, 5.41) is 3.49. The molecule has 0 radical (unpaired) electrons. The highest BCUT2D eigenvalue weighted by Crippen LogP contribution is 2.37. The largest absolute Gasteiger partial charge is 0.462 e. The molecule has 1 atom stereocenters. The van der Waals surface area contributed by atoms with Crippen molar-refractivity contribution < 1.29 is 14.3 Å². The zero-order chi connectivity index (χ0) is 21.1. The predicted octanol–water partition coefficient (Wildman–Crippen LogP) is 4.34. The number of imidazole rings is 1. The summed E-state index contributed by atoms with van der Waals surface area (Å²) >= 11 is 1.44. The number of benzene rings is 2. The summed E-state index contributed by atoms with van der Waals surface area (Å²) in [6, 6.07) is 15.5. The van der Waals surface area contributed by atoms with Gasteiger partial charge in [-0.3, -0.25) is 4.79 Å². The smallest absolute Gasteiger partial charge is 0.338 e. The Morgan fingerprint density at radius 3 is 2.63 bits per heavy atom. The number of aryl methyl sites for hydroxylation is 1. The molecule has 7 heteroatoms. The maximum absolute atomic E-state index is 13.0. The number of esters is 1. The van der Waals surface area contributed by atoms with Gasteiger partial charge in [0.1, 0.15) is 5.25 Å². The summed E-state index contributed by atoms with van der Waals surface area (Å²) in [7, 11) is 0. The molecule has 1 aromatic heterocycles. The molecule has 0 saturated heterocycles. The molecule has 2 aromatic carbocycles. The van der Waals surface area contributed by atoms with Gasteiger partial charge in [-0.05, 0) is 50.5 Å². The lowest BCUT2D eigenvalue weighted by molar-refractivity contribution is -0.120. The Morgan fingerprint density at radius 2 is 1.97 bits per heavy atom. The van der Waals surface area contributed by atoms with E-state index in [0.29, 0.717) is 24.8 Å². The van der Waals surface area contributed by atoms with E-state index in [0.717, 1.165) is 34.6 Å². The average molecular weight is 424 g/mol. The lowest BCUT2D eigenvalue weighted by atomic mass is 10.1. The Balaban J connectivity index is 1.68. The fourth-order valence-electron chi connectivity index (χ4n) is 3.36. The van der Waals surface area contributed by atoms with Crippen molar-refractivity contribution in [2.24, 2.45) is 0 Å². The van der Waals surface area contributed by atoms with Crippen LogP contribution in [0.3, 0.4) is 0 Å². The van der Waals surface area contributed by atoms with Crippen molar-refractivity contribution in [3.8, 4) is 0 Å². The van der Waals surface area contributed by atoms with Gasteiger partial charge in [-0.2, -0.15) is 0 Å². The Morgan fingerprint density at radius 1 is 1.20 bits per heavy atom. The van der Waals surface area contributed by atoms with E-state index in [1.54, 1.807) is 19.1 Å². The zero-order valence-electron chi connectivity index (χ0n) is 17.1. The maximum Gasteiger partial charge on any atom is 0.338 e. The predicted molar refractivity (Wildman–Crippen MR) is 118 cm³/mol. The molecule has 30 heavy (non-hydrogen) atoms. The van der Waals surface area contributed by atoms with E-state index in [9.17, 15) is 9.59 Å². The third-order valence-electron chi connectivity index (χ3n) is 5.03. The molecule has 3 aromatic rings. The summed E-state index contributed by atoms with van der Waals surface area (Å²) in [6.45, 7) is 4.87. The van der Waals surface area contributed by atoms with Crippen molar-refractivity contribution >= 4 is 34.7 Å². The van der Waals surface area contributed by atoms with Crippen LogP contribution >= 0.6 is 11.8 Å². The summed E-state index contributed by atoms with van der Waals surface area (Å²) < 4.78 is 7.18. The van der Waals surface area contributed by atoms with E-state index >= 15 is 0 Å². The van der Waals surface area contributed by atoms with Gasteiger partial charge in [0.05, 0.1) is 23.2 Å². The lowest BCUT2D eigenvalue weighted by Crippen LogP contribution is -2.29. The fraction of sp³-hybridized carbons (Fsp3) is 0.348. The van der Waals surface area contributed by atoms with Gasteiger partial charge in [0, 0.05) is 12.6 Å². The Labute approximate surface area is 180 Å². The molecule has 1 fully saturated rings. The van der Waals surface area contributed by atoms with Crippen LogP contribution in [0.25, 0.3) is 11.0 Å². The van der Waals surface area contributed by atoms with Crippen molar-refractivity contribution in [1.82, 2.24) is 14.9 Å². The number of hydrogen-bond donors (Lipinski definition) is 1. The van der Waals surface area contributed by atoms with Gasteiger partial charge in [-0.15, -0.1) is 0 Å². The topological polar surface area (TPSA) is 73.2 Å². The number of aromatic nitrogens is 2.